The lowest BCUT2D eigenvalue weighted by Gasteiger charge is -2.12. The molecule has 0 aliphatic rings. The van der Waals surface area contributed by atoms with Crippen molar-refractivity contribution in [2.75, 3.05) is 11.1 Å². The number of halogens is 4. The molecule has 0 saturated heterocycles. The summed E-state index contributed by atoms with van der Waals surface area (Å²) in [4.78, 5) is 29.7. The number of anilines is 1. The third kappa shape index (κ3) is 4.63. The second kappa shape index (κ2) is 8.67. The number of nitrogens with one attached hydrogen (secondary N) is 2. The van der Waals surface area contributed by atoms with Crippen LogP contribution in [-0.2, 0) is 11.0 Å². The molecule has 2 N–H and O–H groups in total. The van der Waals surface area contributed by atoms with Gasteiger partial charge in [-0.1, -0.05) is 23.4 Å². The fourth-order valence-corrected chi connectivity index (χ4v) is 3.79. The van der Waals surface area contributed by atoms with E-state index in [-0.39, 0.29) is 33.2 Å². The van der Waals surface area contributed by atoms with E-state index in [1.54, 1.807) is 24.3 Å². The molecule has 0 atom stereocenters. The van der Waals surface area contributed by atoms with Crippen molar-refractivity contribution in [3.05, 3.63) is 75.7 Å². The molecular weight excluding hydrogens is 467 g/mol. The highest BCUT2D eigenvalue weighted by Crippen LogP contribution is 2.30. The number of benzene rings is 2. The van der Waals surface area contributed by atoms with Crippen LogP contribution < -0.4 is 10.9 Å². The average molecular weight is 480 g/mol. The topological polar surface area (TPSA) is 92.7 Å². The molecule has 4 rings (SSSR count). The molecule has 0 bridgehead atoms. The number of nitrogens with zero attached hydrogens (tertiary/aromatic N) is 3. The van der Waals surface area contributed by atoms with Gasteiger partial charge in [0.1, 0.15) is 5.39 Å². The van der Waals surface area contributed by atoms with E-state index in [1.165, 1.54) is 22.9 Å². The smallest absolute Gasteiger partial charge is 0.325 e. The van der Waals surface area contributed by atoms with Crippen molar-refractivity contribution in [2.45, 2.75) is 11.3 Å². The van der Waals surface area contributed by atoms with Gasteiger partial charge in [0.25, 0.3) is 5.56 Å². The fraction of sp³-hybridized carbons (Fsp3) is 0.100. The monoisotopic (exact) mass is 479 g/mol. The van der Waals surface area contributed by atoms with Crippen molar-refractivity contribution >= 4 is 46.0 Å². The summed E-state index contributed by atoms with van der Waals surface area (Å²) in [6, 6.07) is 10.6. The molecule has 7 nitrogen and oxygen atoms in total. The minimum Gasteiger partial charge on any atom is -0.325 e. The maximum atomic E-state index is 13.0. The Labute approximate surface area is 187 Å². The van der Waals surface area contributed by atoms with Crippen molar-refractivity contribution in [3.63, 3.8) is 0 Å². The van der Waals surface area contributed by atoms with Crippen LogP contribution in [0.4, 0.5) is 18.9 Å². The highest BCUT2D eigenvalue weighted by Gasteiger charge is 2.30. The molecule has 0 aliphatic carbocycles. The summed E-state index contributed by atoms with van der Waals surface area (Å²) in [5.41, 5.74) is -0.201. The fourth-order valence-electron chi connectivity index (χ4n) is 2.86. The number of aromatic amines is 1. The van der Waals surface area contributed by atoms with Crippen LogP contribution in [0.2, 0.25) is 5.02 Å². The molecule has 0 radical (unpaired) electrons. The summed E-state index contributed by atoms with van der Waals surface area (Å²) in [6.45, 7) is 0. The Hall–Kier alpha value is -3.31. The molecular formula is C20H13ClF3N5O2S. The van der Waals surface area contributed by atoms with Gasteiger partial charge in [-0.05, 0) is 48.5 Å². The van der Waals surface area contributed by atoms with E-state index < -0.39 is 17.6 Å². The molecule has 2 aromatic heterocycles. The van der Waals surface area contributed by atoms with E-state index in [2.05, 4.69) is 20.5 Å². The summed E-state index contributed by atoms with van der Waals surface area (Å²) in [5.74, 6) is -0.614. The number of rotatable bonds is 5. The zero-order chi connectivity index (χ0) is 22.9. The van der Waals surface area contributed by atoms with Gasteiger partial charge in [-0.3, -0.25) is 19.3 Å². The van der Waals surface area contributed by atoms with Crippen LogP contribution in [0, 0.1) is 0 Å². The maximum Gasteiger partial charge on any atom is 0.416 e. The Morgan fingerprint density at radius 1 is 1.12 bits per heavy atom. The predicted octanol–water partition coefficient (Wildman–Crippen LogP) is 4.51. The summed E-state index contributed by atoms with van der Waals surface area (Å²) < 4.78 is 39.4. The predicted molar refractivity (Wildman–Crippen MR) is 115 cm³/mol. The number of hydrogen-bond acceptors (Lipinski definition) is 5. The highest BCUT2D eigenvalue weighted by molar-refractivity contribution is 7.99. The SMILES string of the molecule is O=C(CSc1nc2[nH]ncc2c(=O)n1-c1ccc(Cl)cc1)Nc1ccc(C(F)(F)F)cc1. The Kier molecular flexibility index (Phi) is 5.94. The first-order valence-electron chi connectivity index (χ1n) is 9.04. The highest BCUT2D eigenvalue weighted by atomic mass is 35.5. The van der Waals surface area contributed by atoms with Gasteiger partial charge in [0.15, 0.2) is 10.8 Å². The van der Waals surface area contributed by atoms with Gasteiger partial charge in [-0.2, -0.15) is 18.3 Å². The van der Waals surface area contributed by atoms with Crippen molar-refractivity contribution in [3.8, 4) is 5.69 Å². The second-order valence-corrected chi connectivity index (χ2v) is 7.93. The van der Waals surface area contributed by atoms with Crippen LogP contribution in [0.5, 0.6) is 0 Å². The number of hydrogen-bond donors (Lipinski definition) is 2. The molecule has 4 aromatic rings. The van der Waals surface area contributed by atoms with Crippen molar-refractivity contribution in [1.29, 1.82) is 0 Å². The lowest BCUT2D eigenvalue weighted by atomic mass is 10.2. The Morgan fingerprint density at radius 2 is 1.81 bits per heavy atom. The number of amides is 1. The largest absolute Gasteiger partial charge is 0.416 e. The van der Waals surface area contributed by atoms with E-state index in [0.29, 0.717) is 10.7 Å². The van der Waals surface area contributed by atoms with Crippen LogP contribution in [-0.4, -0.2) is 31.4 Å². The second-order valence-electron chi connectivity index (χ2n) is 6.56. The van der Waals surface area contributed by atoms with Gasteiger partial charge < -0.3 is 5.32 Å². The normalized spacial score (nSPS) is 11.6. The number of H-pyrrole nitrogens is 1. The summed E-state index contributed by atoms with van der Waals surface area (Å²) >= 11 is 6.92. The summed E-state index contributed by atoms with van der Waals surface area (Å²) in [6.07, 6.45) is -3.09. The maximum absolute atomic E-state index is 13.0. The first kappa shape index (κ1) is 21.9. The Balaban J connectivity index is 1.56. The molecule has 2 heterocycles. The number of thioether (sulfide) groups is 1. The molecule has 164 valence electrons. The van der Waals surface area contributed by atoms with Crippen LogP contribution in [0.3, 0.4) is 0 Å². The molecule has 32 heavy (non-hydrogen) atoms. The van der Waals surface area contributed by atoms with E-state index in [4.69, 9.17) is 11.6 Å². The van der Waals surface area contributed by atoms with Gasteiger partial charge in [0.05, 0.1) is 23.2 Å². The molecule has 0 saturated carbocycles. The van der Waals surface area contributed by atoms with Crippen LogP contribution in [0.15, 0.2) is 64.7 Å². The number of alkyl halides is 3. The number of carbonyl (C=O) groups is 1. The summed E-state index contributed by atoms with van der Waals surface area (Å²) in [5, 5.41) is 9.99. The van der Waals surface area contributed by atoms with Gasteiger partial charge in [-0.25, -0.2) is 4.98 Å². The third-order valence-electron chi connectivity index (χ3n) is 4.36. The average Bonchev–Trinajstić information content (AvgIpc) is 3.22. The molecule has 12 heteroatoms. The van der Waals surface area contributed by atoms with E-state index in [9.17, 15) is 22.8 Å². The van der Waals surface area contributed by atoms with Crippen LogP contribution in [0.25, 0.3) is 16.7 Å². The Morgan fingerprint density at radius 3 is 2.47 bits per heavy atom. The minimum absolute atomic E-state index is 0.138. The van der Waals surface area contributed by atoms with Crippen molar-refractivity contribution in [1.82, 2.24) is 19.7 Å². The van der Waals surface area contributed by atoms with E-state index >= 15 is 0 Å². The molecule has 0 aliphatic heterocycles. The molecule has 0 unspecified atom stereocenters. The minimum atomic E-state index is -4.46. The molecule has 0 fully saturated rings. The number of carbonyl (C=O) groups excluding carboxylic acids is 1. The quantitative estimate of drug-likeness (QED) is 0.324. The number of aromatic nitrogens is 4. The number of fused-ring (bicyclic) bond motifs is 1. The van der Waals surface area contributed by atoms with Gasteiger partial charge >= 0.3 is 6.18 Å². The lowest BCUT2D eigenvalue weighted by Crippen LogP contribution is -2.22. The van der Waals surface area contributed by atoms with Crippen molar-refractivity contribution in [2.24, 2.45) is 0 Å². The zero-order valence-electron chi connectivity index (χ0n) is 16.0. The standard InChI is InChI=1S/C20H13ClF3N5O2S/c21-12-3-7-14(8-4-12)29-18(31)15-9-25-28-17(15)27-19(29)32-10-16(30)26-13-5-1-11(2-6-13)20(22,23)24/h1-9H,10H2,(H,25,28)(H,26,30). The lowest BCUT2D eigenvalue weighted by molar-refractivity contribution is -0.137. The van der Waals surface area contributed by atoms with Gasteiger partial charge in [0.2, 0.25) is 5.91 Å². The third-order valence-corrected chi connectivity index (χ3v) is 5.56. The van der Waals surface area contributed by atoms with E-state index in [0.717, 1.165) is 23.9 Å². The first-order chi connectivity index (χ1) is 15.2. The van der Waals surface area contributed by atoms with Gasteiger partial charge in [0, 0.05) is 10.7 Å². The van der Waals surface area contributed by atoms with Crippen LogP contribution in [0.1, 0.15) is 5.56 Å². The summed E-state index contributed by atoms with van der Waals surface area (Å²) in [7, 11) is 0. The molecule has 2 aromatic carbocycles. The zero-order valence-corrected chi connectivity index (χ0v) is 17.6. The molecule has 0 spiro atoms. The van der Waals surface area contributed by atoms with Gasteiger partial charge in [-0.15, -0.1) is 0 Å². The molecule has 1 amide bonds. The first-order valence-corrected chi connectivity index (χ1v) is 10.4. The van der Waals surface area contributed by atoms with Crippen LogP contribution >= 0.6 is 23.4 Å². The van der Waals surface area contributed by atoms with Crippen molar-refractivity contribution < 1.29 is 18.0 Å². The van der Waals surface area contributed by atoms with E-state index in [1.807, 2.05) is 0 Å². The Bertz CT molecular complexity index is 1330.